The highest BCUT2D eigenvalue weighted by Crippen LogP contribution is 2.44. The Hall–Kier alpha value is -3.62. The van der Waals surface area contributed by atoms with E-state index in [0.717, 1.165) is 38.4 Å². The summed E-state index contributed by atoms with van der Waals surface area (Å²) in [5, 5.41) is 7.82. The zero-order chi connectivity index (χ0) is 25.1. The first kappa shape index (κ1) is 24.1. The van der Waals surface area contributed by atoms with Crippen LogP contribution in [0.2, 0.25) is 0 Å². The lowest BCUT2D eigenvalue weighted by molar-refractivity contribution is -0.115. The predicted octanol–water partition coefficient (Wildman–Crippen LogP) is 6.66. The highest BCUT2D eigenvalue weighted by atomic mass is 32.2. The van der Waals surface area contributed by atoms with E-state index in [1.807, 2.05) is 80.6 Å². The number of thiocarbonyl (C=S) groups is 1. The molecule has 4 aromatic rings. The molecule has 1 aliphatic heterocycles. The largest absolute Gasteiger partial charge is 0.452 e. The minimum absolute atomic E-state index is 0.0173. The van der Waals surface area contributed by atoms with Crippen LogP contribution in [0.3, 0.4) is 0 Å². The molecule has 1 fully saturated rings. The van der Waals surface area contributed by atoms with E-state index >= 15 is 0 Å². The summed E-state index contributed by atoms with van der Waals surface area (Å²) < 4.78 is 6.38. The summed E-state index contributed by atoms with van der Waals surface area (Å²) in [4.78, 5) is 19.7. The fourth-order valence-electron chi connectivity index (χ4n) is 4.25. The molecule has 182 valence electrons. The second kappa shape index (κ2) is 10.6. The molecule has 0 bridgehead atoms. The first-order valence-electron chi connectivity index (χ1n) is 11.8. The van der Waals surface area contributed by atoms with Crippen LogP contribution in [-0.2, 0) is 4.79 Å². The fraction of sp³-hybridized carbons (Fsp3) is 0.179. The van der Waals surface area contributed by atoms with Gasteiger partial charge in [-0.05, 0) is 79.3 Å². The van der Waals surface area contributed by atoms with Crippen LogP contribution in [0.25, 0.3) is 0 Å². The summed E-state index contributed by atoms with van der Waals surface area (Å²) in [5.74, 6) is 0.772. The molecule has 36 heavy (non-hydrogen) atoms. The molecule has 2 aromatic carbocycles. The SMILES string of the molecule is CCC(=O)Nc1ccc(N2C(=S)N[C@H](c3ccccn3)[C@@H]2c2ccc(Sc3ccccc3)o2)cc1C. The Labute approximate surface area is 220 Å². The molecule has 1 amide bonds. The monoisotopic (exact) mass is 514 g/mol. The van der Waals surface area contributed by atoms with E-state index in [9.17, 15) is 4.79 Å². The van der Waals surface area contributed by atoms with Crippen LogP contribution >= 0.6 is 24.0 Å². The van der Waals surface area contributed by atoms with Gasteiger partial charge < -0.3 is 20.0 Å². The van der Waals surface area contributed by atoms with Gasteiger partial charge in [-0.1, -0.05) is 43.0 Å². The molecular weight excluding hydrogens is 488 g/mol. The summed E-state index contributed by atoms with van der Waals surface area (Å²) in [6.07, 6.45) is 2.21. The maximum Gasteiger partial charge on any atom is 0.224 e. The number of anilines is 2. The van der Waals surface area contributed by atoms with E-state index in [1.54, 1.807) is 18.0 Å². The lowest BCUT2D eigenvalue weighted by Gasteiger charge is -2.26. The number of carbonyl (C=O) groups excluding carboxylic acids is 1. The Morgan fingerprint density at radius 2 is 1.92 bits per heavy atom. The molecule has 2 atom stereocenters. The van der Waals surface area contributed by atoms with Gasteiger partial charge in [-0.3, -0.25) is 9.78 Å². The standard InChI is InChI=1S/C28H26N4O2S2/c1-3-24(33)30-21-13-12-19(17-18(21)2)32-27(26(31-28(32)35)22-11-7-8-16-29-22)23-14-15-25(34-23)36-20-9-5-4-6-10-20/h4-17,26-27H,3H2,1-2H3,(H,30,33)(H,31,35)/t26-,27+/m1/s1. The molecule has 0 spiro atoms. The zero-order valence-corrected chi connectivity index (χ0v) is 21.6. The summed E-state index contributed by atoms with van der Waals surface area (Å²) >= 11 is 7.40. The first-order valence-corrected chi connectivity index (χ1v) is 13.0. The molecule has 0 radical (unpaired) electrons. The number of benzene rings is 2. The average molecular weight is 515 g/mol. The first-order chi connectivity index (χ1) is 17.5. The number of nitrogens with one attached hydrogen (secondary N) is 2. The molecule has 5 rings (SSSR count). The van der Waals surface area contributed by atoms with E-state index < -0.39 is 0 Å². The molecule has 1 saturated heterocycles. The highest BCUT2D eigenvalue weighted by molar-refractivity contribution is 7.99. The van der Waals surface area contributed by atoms with Crippen molar-refractivity contribution < 1.29 is 9.21 Å². The maximum absolute atomic E-state index is 11.9. The van der Waals surface area contributed by atoms with Crippen molar-refractivity contribution >= 4 is 46.4 Å². The van der Waals surface area contributed by atoms with Gasteiger partial charge >= 0.3 is 0 Å². The summed E-state index contributed by atoms with van der Waals surface area (Å²) in [7, 11) is 0. The minimum atomic E-state index is -0.243. The molecule has 0 aliphatic carbocycles. The van der Waals surface area contributed by atoms with Crippen LogP contribution in [0.15, 0.2) is 99.5 Å². The molecule has 8 heteroatoms. The van der Waals surface area contributed by atoms with Gasteiger partial charge in [0.05, 0.1) is 11.7 Å². The number of pyridine rings is 1. The van der Waals surface area contributed by atoms with Crippen LogP contribution in [0, 0.1) is 6.92 Å². The Morgan fingerprint density at radius 3 is 2.64 bits per heavy atom. The Morgan fingerprint density at radius 1 is 1.11 bits per heavy atom. The maximum atomic E-state index is 11.9. The van der Waals surface area contributed by atoms with Gasteiger partial charge in [-0.25, -0.2) is 0 Å². The van der Waals surface area contributed by atoms with E-state index in [1.165, 1.54) is 0 Å². The number of carbonyl (C=O) groups is 1. The molecule has 3 heterocycles. The number of aryl methyl sites for hydroxylation is 1. The van der Waals surface area contributed by atoms with Crippen LogP contribution < -0.4 is 15.5 Å². The van der Waals surface area contributed by atoms with E-state index in [-0.39, 0.29) is 18.0 Å². The van der Waals surface area contributed by atoms with Crippen molar-refractivity contribution in [2.24, 2.45) is 0 Å². The Bertz CT molecular complexity index is 1370. The normalized spacial score (nSPS) is 17.2. The molecule has 0 unspecified atom stereocenters. The second-order valence-electron chi connectivity index (χ2n) is 8.47. The third-order valence-corrected chi connectivity index (χ3v) is 7.28. The smallest absolute Gasteiger partial charge is 0.224 e. The number of furan rings is 1. The van der Waals surface area contributed by atoms with Crippen LogP contribution in [-0.4, -0.2) is 16.0 Å². The van der Waals surface area contributed by atoms with Gasteiger partial charge in [0.15, 0.2) is 10.2 Å². The third-order valence-electron chi connectivity index (χ3n) is 6.04. The van der Waals surface area contributed by atoms with Gasteiger partial charge in [-0.2, -0.15) is 0 Å². The van der Waals surface area contributed by atoms with E-state index in [2.05, 4.69) is 32.7 Å². The number of hydrogen-bond acceptors (Lipinski definition) is 5. The van der Waals surface area contributed by atoms with Gasteiger partial charge in [-0.15, -0.1) is 0 Å². The zero-order valence-electron chi connectivity index (χ0n) is 20.0. The molecule has 0 saturated carbocycles. The Kier molecular flexibility index (Phi) is 7.06. The van der Waals surface area contributed by atoms with Crippen molar-refractivity contribution in [3.8, 4) is 0 Å². The summed E-state index contributed by atoms with van der Waals surface area (Å²) in [6.45, 7) is 3.82. The Balaban J connectivity index is 1.51. The molecule has 2 aromatic heterocycles. The average Bonchev–Trinajstić information content (AvgIpc) is 3.50. The second-order valence-corrected chi connectivity index (χ2v) is 9.93. The van der Waals surface area contributed by atoms with Crippen molar-refractivity contribution in [2.75, 3.05) is 10.2 Å². The van der Waals surface area contributed by atoms with E-state index in [0.29, 0.717) is 11.5 Å². The topological polar surface area (TPSA) is 70.4 Å². The van der Waals surface area contributed by atoms with Gasteiger partial charge in [0.25, 0.3) is 0 Å². The number of hydrogen-bond donors (Lipinski definition) is 2. The highest BCUT2D eigenvalue weighted by Gasteiger charge is 2.42. The number of amides is 1. The minimum Gasteiger partial charge on any atom is -0.452 e. The molecule has 1 aliphatic rings. The fourth-order valence-corrected chi connectivity index (χ4v) is 5.40. The predicted molar refractivity (Wildman–Crippen MR) is 147 cm³/mol. The van der Waals surface area contributed by atoms with Crippen molar-refractivity contribution in [1.82, 2.24) is 10.3 Å². The quantitative estimate of drug-likeness (QED) is 0.267. The third kappa shape index (κ3) is 5.01. The molecular formula is C28H26N4O2S2. The number of rotatable bonds is 7. The van der Waals surface area contributed by atoms with Gasteiger partial charge in [0.1, 0.15) is 11.8 Å². The van der Waals surface area contributed by atoms with Crippen LogP contribution in [0.1, 0.15) is 42.4 Å². The number of nitrogens with zero attached hydrogens (tertiary/aromatic N) is 2. The number of aromatic nitrogens is 1. The molecule has 6 nitrogen and oxygen atoms in total. The lowest BCUT2D eigenvalue weighted by Crippen LogP contribution is -2.29. The van der Waals surface area contributed by atoms with E-state index in [4.69, 9.17) is 16.6 Å². The lowest BCUT2D eigenvalue weighted by atomic mass is 10.0. The van der Waals surface area contributed by atoms with Crippen molar-refractivity contribution in [3.05, 3.63) is 102 Å². The van der Waals surface area contributed by atoms with Gasteiger partial charge in [0.2, 0.25) is 5.91 Å². The van der Waals surface area contributed by atoms with Crippen molar-refractivity contribution in [1.29, 1.82) is 0 Å². The van der Waals surface area contributed by atoms with Crippen LogP contribution in [0.4, 0.5) is 11.4 Å². The summed E-state index contributed by atoms with van der Waals surface area (Å²) in [5.41, 5.74) is 3.54. The van der Waals surface area contributed by atoms with Crippen LogP contribution in [0.5, 0.6) is 0 Å². The van der Waals surface area contributed by atoms with Crippen molar-refractivity contribution in [2.45, 2.75) is 42.3 Å². The molecule has 2 N–H and O–H groups in total. The summed E-state index contributed by atoms with van der Waals surface area (Å²) in [6, 6.07) is 25.5. The van der Waals surface area contributed by atoms with Crippen molar-refractivity contribution in [3.63, 3.8) is 0 Å². The van der Waals surface area contributed by atoms with Gasteiger partial charge in [0, 0.05) is 28.9 Å².